The lowest BCUT2D eigenvalue weighted by Crippen LogP contribution is -2.34. The third-order valence-electron chi connectivity index (χ3n) is 4.91. The van der Waals surface area contributed by atoms with E-state index in [0.717, 1.165) is 16.3 Å². The van der Waals surface area contributed by atoms with Crippen molar-refractivity contribution >= 4 is 40.4 Å². The van der Waals surface area contributed by atoms with Gasteiger partial charge in [-0.15, -0.1) is 0 Å². The van der Waals surface area contributed by atoms with E-state index >= 15 is 0 Å². The zero-order valence-electron chi connectivity index (χ0n) is 18.7. The Morgan fingerprint density at radius 3 is 2.58 bits per heavy atom. The van der Waals surface area contributed by atoms with Crippen LogP contribution in [0.1, 0.15) is 29.8 Å². The van der Waals surface area contributed by atoms with Gasteiger partial charge in [-0.1, -0.05) is 49.7 Å². The van der Waals surface area contributed by atoms with Crippen LogP contribution in [-0.2, 0) is 4.79 Å². The molecule has 8 heteroatoms. The molecule has 0 aliphatic heterocycles. The average molecular weight is 468 g/mol. The third-order valence-corrected chi connectivity index (χ3v) is 5.22. The van der Waals surface area contributed by atoms with Crippen LogP contribution >= 0.6 is 11.6 Å². The molecule has 0 saturated carbocycles. The van der Waals surface area contributed by atoms with E-state index in [-0.39, 0.29) is 28.8 Å². The van der Waals surface area contributed by atoms with Crippen LogP contribution in [0.5, 0.6) is 11.5 Å². The summed E-state index contributed by atoms with van der Waals surface area (Å²) in [5.74, 6) is 0.331. The number of hydrogen-bond acceptors (Lipinski definition) is 5. The fourth-order valence-corrected chi connectivity index (χ4v) is 3.49. The molecule has 0 aromatic heterocycles. The monoisotopic (exact) mass is 467 g/mol. The maximum Gasteiger partial charge on any atom is 0.271 e. The van der Waals surface area contributed by atoms with Gasteiger partial charge in [0, 0.05) is 30.1 Å². The highest BCUT2D eigenvalue weighted by Crippen LogP contribution is 2.28. The molecule has 0 fully saturated rings. The number of benzene rings is 3. The Balaban J connectivity index is 1.72. The van der Waals surface area contributed by atoms with Crippen molar-refractivity contribution in [3.63, 3.8) is 0 Å². The van der Waals surface area contributed by atoms with Crippen molar-refractivity contribution in [3.05, 3.63) is 70.7 Å². The Morgan fingerprint density at radius 1 is 1.15 bits per heavy atom. The molecule has 0 heterocycles. The van der Waals surface area contributed by atoms with Gasteiger partial charge in [0.2, 0.25) is 0 Å². The molecule has 7 nitrogen and oxygen atoms in total. The zero-order valence-corrected chi connectivity index (χ0v) is 19.5. The van der Waals surface area contributed by atoms with Crippen LogP contribution in [-0.4, -0.2) is 48.2 Å². The van der Waals surface area contributed by atoms with E-state index in [1.807, 2.05) is 30.3 Å². The molecule has 0 radical (unpaired) electrons. The number of rotatable bonds is 8. The summed E-state index contributed by atoms with van der Waals surface area (Å²) in [6, 6.07) is 15.4. The zero-order chi connectivity index (χ0) is 24.0. The standard InChI is InChI=1S/C25H26ClN3O4/c1-16(2)14-29(3)24(31)15-33-23-11-9-18(19-6-4-5-7-20(19)23)13-27-28-25(32)17-8-10-22(30)21(26)12-17/h4-13,16,30H,14-15H2,1-3H3,(H,28,32)/b27-13+. The van der Waals surface area contributed by atoms with Crippen molar-refractivity contribution in [2.24, 2.45) is 11.0 Å². The minimum Gasteiger partial charge on any atom is -0.506 e. The molecule has 0 aliphatic carbocycles. The Kier molecular flexibility index (Phi) is 7.90. The van der Waals surface area contributed by atoms with E-state index in [1.54, 1.807) is 18.0 Å². The second kappa shape index (κ2) is 10.8. The van der Waals surface area contributed by atoms with Gasteiger partial charge in [-0.3, -0.25) is 9.59 Å². The lowest BCUT2D eigenvalue weighted by molar-refractivity contribution is -0.132. The molecule has 172 valence electrons. The molecule has 2 N–H and O–H groups in total. The number of carbonyl (C=O) groups is 2. The number of amides is 2. The molecule has 0 unspecified atom stereocenters. The third kappa shape index (κ3) is 6.23. The summed E-state index contributed by atoms with van der Waals surface area (Å²) in [5, 5.41) is 15.3. The number of fused-ring (bicyclic) bond motifs is 1. The number of phenolic OH excluding ortho intramolecular Hbond substituents is 1. The Morgan fingerprint density at radius 2 is 1.88 bits per heavy atom. The van der Waals surface area contributed by atoms with E-state index < -0.39 is 5.91 Å². The number of aromatic hydroxyl groups is 1. The molecule has 33 heavy (non-hydrogen) atoms. The van der Waals surface area contributed by atoms with Crippen molar-refractivity contribution in [2.75, 3.05) is 20.2 Å². The second-order valence-electron chi connectivity index (χ2n) is 8.02. The van der Waals surface area contributed by atoms with Crippen LogP contribution in [0.15, 0.2) is 59.7 Å². The number of phenols is 1. The average Bonchev–Trinajstić information content (AvgIpc) is 2.79. The lowest BCUT2D eigenvalue weighted by atomic mass is 10.0. The number of likely N-dealkylation sites (N-methyl/N-ethyl adjacent to an activating group) is 1. The van der Waals surface area contributed by atoms with Gasteiger partial charge in [-0.2, -0.15) is 5.10 Å². The van der Waals surface area contributed by atoms with Crippen LogP contribution in [0, 0.1) is 5.92 Å². The smallest absolute Gasteiger partial charge is 0.271 e. The van der Waals surface area contributed by atoms with Gasteiger partial charge >= 0.3 is 0 Å². The Bertz CT molecular complexity index is 1190. The molecule has 0 atom stereocenters. The lowest BCUT2D eigenvalue weighted by Gasteiger charge is -2.20. The van der Waals surface area contributed by atoms with Gasteiger partial charge in [0.25, 0.3) is 11.8 Å². The van der Waals surface area contributed by atoms with Gasteiger partial charge in [-0.25, -0.2) is 5.43 Å². The molecule has 3 aromatic rings. The number of hydrazone groups is 1. The second-order valence-corrected chi connectivity index (χ2v) is 8.43. The highest BCUT2D eigenvalue weighted by atomic mass is 35.5. The number of hydrogen-bond donors (Lipinski definition) is 2. The van der Waals surface area contributed by atoms with Gasteiger partial charge in [0.15, 0.2) is 6.61 Å². The number of ether oxygens (including phenoxy) is 1. The normalized spacial score (nSPS) is 11.2. The topological polar surface area (TPSA) is 91.2 Å². The van der Waals surface area contributed by atoms with Crippen LogP contribution in [0.2, 0.25) is 5.02 Å². The highest BCUT2D eigenvalue weighted by molar-refractivity contribution is 6.32. The summed E-state index contributed by atoms with van der Waals surface area (Å²) < 4.78 is 5.82. The molecule has 0 bridgehead atoms. The summed E-state index contributed by atoms with van der Waals surface area (Å²) in [4.78, 5) is 26.3. The van der Waals surface area contributed by atoms with E-state index in [0.29, 0.717) is 18.2 Å². The molecule has 0 spiro atoms. The summed E-state index contributed by atoms with van der Waals surface area (Å²) in [7, 11) is 1.77. The Hall–Kier alpha value is -3.58. The first-order chi connectivity index (χ1) is 15.8. The SMILES string of the molecule is CC(C)CN(C)C(=O)COc1ccc(/C=N/NC(=O)c2ccc(O)c(Cl)c2)c2ccccc12. The van der Waals surface area contributed by atoms with E-state index in [2.05, 4.69) is 24.4 Å². The van der Waals surface area contributed by atoms with E-state index in [1.165, 1.54) is 24.4 Å². The number of carbonyl (C=O) groups excluding carboxylic acids is 2. The van der Waals surface area contributed by atoms with Crippen molar-refractivity contribution in [1.82, 2.24) is 10.3 Å². The maximum absolute atomic E-state index is 12.3. The molecular weight excluding hydrogens is 442 g/mol. The Labute approximate surface area is 197 Å². The molecular formula is C25H26ClN3O4. The van der Waals surface area contributed by atoms with E-state index in [4.69, 9.17) is 16.3 Å². The van der Waals surface area contributed by atoms with Gasteiger partial charge in [-0.05, 0) is 41.6 Å². The number of nitrogens with zero attached hydrogens (tertiary/aromatic N) is 2. The summed E-state index contributed by atoms with van der Waals surface area (Å²) >= 11 is 5.85. The van der Waals surface area contributed by atoms with Crippen LogP contribution in [0.3, 0.4) is 0 Å². The minimum atomic E-state index is -0.457. The molecule has 3 aromatic carbocycles. The first kappa shape index (κ1) is 24.1. The largest absolute Gasteiger partial charge is 0.506 e. The van der Waals surface area contributed by atoms with Crippen LogP contribution in [0.25, 0.3) is 10.8 Å². The van der Waals surface area contributed by atoms with Crippen molar-refractivity contribution in [2.45, 2.75) is 13.8 Å². The highest BCUT2D eigenvalue weighted by Gasteiger charge is 2.13. The molecule has 0 aliphatic rings. The fourth-order valence-electron chi connectivity index (χ4n) is 3.31. The molecule has 2 amide bonds. The first-order valence-corrected chi connectivity index (χ1v) is 10.8. The van der Waals surface area contributed by atoms with Crippen molar-refractivity contribution < 1.29 is 19.4 Å². The van der Waals surface area contributed by atoms with Gasteiger partial charge in [0.1, 0.15) is 11.5 Å². The van der Waals surface area contributed by atoms with Crippen LogP contribution < -0.4 is 10.2 Å². The summed E-state index contributed by atoms with van der Waals surface area (Å²) in [6.07, 6.45) is 1.54. The van der Waals surface area contributed by atoms with Crippen molar-refractivity contribution in [3.8, 4) is 11.5 Å². The molecule has 0 saturated heterocycles. The minimum absolute atomic E-state index is 0.0497. The van der Waals surface area contributed by atoms with Gasteiger partial charge < -0.3 is 14.7 Å². The quantitative estimate of drug-likeness (QED) is 0.378. The first-order valence-electron chi connectivity index (χ1n) is 10.5. The number of nitrogens with one attached hydrogen (secondary N) is 1. The number of halogens is 1. The van der Waals surface area contributed by atoms with E-state index in [9.17, 15) is 14.7 Å². The predicted octanol–water partition coefficient (Wildman–Crippen LogP) is 4.46. The maximum atomic E-state index is 12.3. The fraction of sp³-hybridized carbons (Fsp3) is 0.240. The molecule has 3 rings (SSSR count). The van der Waals surface area contributed by atoms with Crippen molar-refractivity contribution in [1.29, 1.82) is 0 Å². The summed E-state index contributed by atoms with van der Waals surface area (Å²) in [6.45, 7) is 4.73. The summed E-state index contributed by atoms with van der Waals surface area (Å²) in [5.41, 5.74) is 3.49. The van der Waals surface area contributed by atoms with Crippen LogP contribution in [0.4, 0.5) is 0 Å². The predicted molar refractivity (Wildman–Crippen MR) is 130 cm³/mol. The van der Waals surface area contributed by atoms with Gasteiger partial charge in [0.05, 0.1) is 11.2 Å².